The third-order valence-electron chi connectivity index (χ3n) is 3.72. The van der Waals surface area contributed by atoms with Gasteiger partial charge in [-0.1, -0.05) is 41.9 Å². The van der Waals surface area contributed by atoms with E-state index in [1.807, 2.05) is 24.3 Å². The van der Waals surface area contributed by atoms with E-state index in [0.717, 1.165) is 23.7 Å². The fourth-order valence-electron chi connectivity index (χ4n) is 2.57. The molecule has 0 radical (unpaired) electrons. The molecule has 104 valence electrons. The van der Waals surface area contributed by atoms with E-state index in [2.05, 4.69) is 36.5 Å². The lowest BCUT2D eigenvalue weighted by Crippen LogP contribution is -2.31. The Balaban J connectivity index is 1.56. The van der Waals surface area contributed by atoms with Crippen molar-refractivity contribution in [1.29, 1.82) is 0 Å². The molecule has 0 aromatic heterocycles. The van der Waals surface area contributed by atoms with Gasteiger partial charge < -0.3 is 10.1 Å². The standard InChI is InChI=1S/C17H18ClNO/c1-12(13-5-3-2-4-6-13)19-11-16-10-14-9-15(18)7-8-17(14)20-16/h2-9,12,16,19H,10-11H2,1H3/t12-,16?/m0/s1. The topological polar surface area (TPSA) is 21.3 Å². The van der Waals surface area contributed by atoms with Crippen molar-refractivity contribution < 1.29 is 4.74 Å². The van der Waals surface area contributed by atoms with Crippen molar-refractivity contribution in [3.63, 3.8) is 0 Å². The minimum atomic E-state index is 0.189. The van der Waals surface area contributed by atoms with Crippen molar-refractivity contribution in [1.82, 2.24) is 5.32 Å². The van der Waals surface area contributed by atoms with E-state index in [4.69, 9.17) is 16.3 Å². The molecule has 0 saturated heterocycles. The first-order chi connectivity index (χ1) is 9.72. The molecule has 1 unspecified atom stereocenters. The van der Waals surface area contributed by atoms with E-state index in [1.54, 1.807) is 0 Å². The van der Waals surface area contributed by atoms with Crippen LogP contribution in [0.1, 0.15) is 24.1 Å². The molecule has 0 saturated carbocycles. The van der Waals surface area contributed by atoms with Crippen LogP contribution in [0, 0.1) is 0 Å². The van der Waals surface area contributed by atoms with Gasteiger partial charge in [0.2, 0.25) is 0 Å². The Hall–Kier alpha value is -1.51. The molecular weight excluding hydrogens is 270 g/mol. The third kappa shape index (κ3) is 2.97. The van der Waals surface area contributed by atoms with Crippen LogP contribution in [0.25, 0.3) is 0 Å². The minimum absolute atomic E-state index is 0.189. The normalized spacial score (nSPS) is 18.4. The summed E-state index contributed by atoms with van der Waals surface area (Å²) in [6.07, 6.45) is 1.11. The van der Waals surface area contributed by atoms with Crippen LogP contribution in [-0.2, 0) is 6.42 Å². The van der Waals surface area contributed by atoms with E-state index in [0.29, 0.717) is 6.04 Å². The second-order valence-corrected chi connectivity index (χ2v) is 5.67. The molecule has 0 spiro atoms. The smallest absolute Gasteiger partial charge is 0.123 e. The van der Waals surface area contributed by atoms with Crippen molar-refractivity contribution in [2.75, 3.05) is 6.54 Å². The summed E-state index contributed by atoms with van der Waals surface area (Å²) in [7, 11) is 0. The highest BCUT2D eigenvalue weighted by Crippen LogP contribution is 2.31. The van der Waals surface area contributed by atoms with Gasteiger partial charge in [0.1, 0.15) is 11.9 Å². The number of hydrogen-bond donors (Lipinski definition) is 1. The fourth-order valence-corrected chi connectivity index (χ4v) is 2.77. The molecule has 1 aliphatic rings. The highest BCUT2D eigenvalue weighted by atomic mass is 35.5. The summed E-state index contributed by atoms with van der Waals surface area (Å²) in [6.45, 7) is 3.01. The summed E-state index contributed by atoms with van der Waals surface area (Å²) >= 11 is 6.01. The zero-order valence-corrected chi connectivity index (χ0v) is 12.2. The highest BCUT2D eigenvalue weighted by Gasteiger charge is 2.23. The van der Waals surface area contributed by atoms with Crippen LogP contribution in [0.5, 0.6) is 5.75 Å². The predicted molar refractivity (Wildman–Crippen MR) is 82.4 cm³/mol. The number of rotatable bonds is 4. The third-order valence-corrected chi connectivity index (χ3v) is 3.95. The van der Waals surface area contributed by atoms with Crippen molar-refractivity contribution in [2.45, 2.75) is 25.5 Å². The first kappa shape index (κ1) is 13.5. The molecule has 2 atom stereocenters. The van der Waals surface area contributed by atoms with Gasteiger partial charge in [0.05, 0.1) is 0 Å². The first-order valence-electron chi connectivity index (χ1n) is 6.96. The molecule has 1 N–H and O–H groups in total. The molecule has 0 bridgehead atoms. The summed E-state index contributed by atoms with van der Waals surface area (Å²) in [5.74, 6) is 0.966. The van der Waals surface area contributed by atoms with Gasteiger partial charge in [0.15, 0.2) is 0 Å². The zero-order chi connectivity index (χ0) is 13.9. The lowest BCUT2D eigenvalue weighted by molar-refractivity contribution is 0.222. The molecule has 0 amide bonds. The fraction of sp³-hybridized carbons (Fsp3) is 0.294. The monoisotopic (exact) mass is 287 g/mol. The Kier molecular flexibility index (Phi) is 3.95. The summed E-state index contributed by atoms with van der Waals surface area (Å²) in [4.78, 5) is 0. The molecule has 0 fully saturated rings. The van der Waals surface area contributed by atoms with Gasteiger partial charge >= 0.3 is 0 Å². The summed E-state index contributed by atoms with van der Waals surface area (Å²) < 4.78 is 5.93. The van der Waals surface area contributed by atoms with Gasteiger partial charge in [-0.15, -0.1) is 0 Å². The Morgan fingerprint density at radius 2 is 2.05 bits per heavy atom. The number of hydrogen-bond acceptors (Lipinski definition) is 2. The van der Waals surface area contributed by atoms with E-state index < -0.39 is 0 Å². The number of benzene rings is 2. The molecule has 3 rings (SSSR count). The number of nitrogens with one attached hydrogen (secondary N) is 1. The number of fused-ring (bicyclic) bond motifs is 1. The summed E-state index contributed by atoms with van der Waals surface area (Å²) in [5.41, 5.74) is 2.50. The predicted octanol–water partition coefficient (Wildman–Crippen LogP) is 3.99. The Morgan fingerprint density at radius 1 is 1.25 bits per heavy atom. The second-order valence-electron chi connectivity index (χ2n) is 5.24. The van der Waals surface area contributed by atoms with Gasteiger partial charge in [-0.05, 0) is 36.2 Å². The minimum Gasteiger partial charge on any atom is -0.488 e. The average Bonchev–Trinajstić information content (AvgIpc) is 2.87. The molecule has 0 aliphatic carbocycles. The second kappa shape index (κ2) is 5.86. The lowest BCUT2D eigenvalue weighted by Gasteiger charge is -2.17. The van der Waals surface area contributed by atoms with Crippen LogP contribution < -0.4 is 10.1 Å². The van der Waals surface area contributed by atoms with Crippen LogP contribution >= 0.6 is 11.6 Å². The van der Waals surface area contributed by atoms with Crippen LogP contribution in [0.4, 0.5) is 0 Å². The van der Waals surface area contributed by atoms with Gasteiger partial charge in [-0.2, -0.15) is 0 Å². The Labute approximate surface area is 124 Å². The Bertz CT molecular complexity index is 585. The molecule has 3 heteroatoms. The van der Waals surface area contributed by atoms with Crippen molar-refractivity contribution in [2.24, 2.45) is 0 Å². The van der Waals surface area contributed by atoms with Crippen molar-refractivity contribution >= 4 is 11.6 Å². The van der Waals surface area contributed by atoms with E-state index in [9.17, 15) is 0 Å². The molecule has 2 aromatic rings. The largest absolute Gasteiger partial charge is 0.488 e. The van der Waals surface area contributed by atoms with Gasteiger partial charge in [-0.3, -0.25) is 0 Å². The lowest BCUT2D eigenvalue weighted by atomic mass is 10.1. The van der Waals surface area contributed by atoms with Crippen molar-refractivity contribution in [3.05, 3.63) is 64.7 Å². The van der Waals surface area contributed by atoms with Gasteiger partial charge in [0.25, 0.3) is 0 Å². The highest BCUT2D eigenvalue weighted by molar-refractivity contribution is 6.30. The summed E-state index contributed by atoms with van der Waals surface area (Å²) in [6, 6.07) is 16.6. The van der Waals surface area contributed by atoms with Crippen LogP contribution in [0.2, 0.25) is 5.02 Å². The van der Waals surface area contributed by atoms with Crippen LogP contribution in [-0.4, -0.2) is 12.6 Å². The van der Waals surface area contributed by atoms with E-state index in [1.165, 1.54) is 11.1 Å². The van der Waals surface area contributed by atoms with E-state index >= 15 is 0 Å². The molecule has 20 heavy (non-hydrogen) atoms. The number of ether oxygens (including phenoxy) is 1. The number of halogens is 1. The van der Waals surface area contributed by atoms with Gasteiger partial charge in [0, 0.05) is 24.0 Å². The van der Waals surface area contributed by atoms with E-state index in [-0.39, 0.29) is 6.10 Å². The maximum atomic E-state index is 6.01. The van der Waals surface area contributed by atoms with Crippen molar-refractivity contribution in [3.8, 4) is 5.75 Å². The zero-order valence-electron chi connectivity index (χ0n) is 11.5. The molecule has 2 nitrogen and oxygen atoms in total. The molecule has 1 aliphatic heterocycles. The molecular formula is C17H18ClNO. The first-order valence-corrected chi connectivity index (χ1v) is 7.33. The molecule has 1 heterocycles. The quantitative estimate of drug-likeness (QED) is 0.918. The van der Waals surface area contributed by atoms with Gasteiger partial charge in [-0.25, -0.2) is 0 Å². The summed E-state index contributed by atoms with van der Waals surface area (Å²) in [5, 5.41) is 4.31. The maximum Gasteiger partial charge on any atom is 0.123 e. The SMILES string of the molecule is C[C@H](NCC1Cc2cc(Cl)ccc2O1)c1ccccc1. The average molecular weight is 288 g/mol. The maximum absolute atomic E-state index is 6.01. The Morgan fingerprint density at radius 3 is 2.85 bits per heavy atom. The van der Waals surface area contributed by atoms with Crippen LogP contribution in [0.3, 0.4) is 0 Å². The molecule has 2 aromatic carbocycles. The van der Waals surface area contributed by atoms with Crippen LogP contribution in [0.15, 0.2) is 48.5 Å².